The smallest absolute Gasteiger partial charge is 0.308 e. The summed E-state index contributed by atoms with van der Waals surface area (Å²) in [5.74, 6) is -0.0386. The zero-order valence-electron chi connectivity index (χ0n) is 13.7. The van der Waals surface area contributed by atoms with Gasteiger partial charge in [-0.2, -0.15) is 0 Å². The Morgan fingerprint density at radius 3 is 2.42 bits per heavy atom. The first-order valence-electron chi connectivity index (χ1n) is 7.84. The molecule has 0 unspecified atom stereocenters. The normalized spacial score (nSPS) is 15.9. The predicted octanol–water partition coefficient (Wildman–Crippen LogP) is 4.55. The molecule has 3 heteroatoms. The van der Waals surface area contributed by atoms with Gasteiger partial charge in [0.15, 0.2) is 5.78 Å². The highest BCUT2D eigenvalue weighted by Crippen LogP contribution is 2.33. The molecular formula is C21H18O3. The second-order valence-corrected chi connectivity index (χ2v) is 5.81. The molecule has 0 bridgehead atoms. The zero-order chi connectivity index (χ0) is 17.1. The van der Waals surface area contributed by atoms with Gasteiger partial charge in [0, 0.05) is 13.3 Å². The van der Waals surface area contributed by atoms with Gasteiger partial charge in [-0.05, 0) is 35.3 Å². The van der Waals surface area contributed by atoms with Crippen LogP contribution < -0.4 is 0 Å². The van der Waals surface area contributed by atoms with Gasteiger partial charge in [-0.1, -0.05) is 54.6 Å². The minimum Gasteiger partial charge on any atom is -0.426 e. The lowest BCUT2D eigenvalue weighted by Crippen LogP contribution is -2.03. The number of allylic oxidation sites excluding steroid dienone is 2. The van der Waals surface area contributed by atoms with Crippen LogP contribution in [-0.2, 0) is 14.3 Å². The summed E-state index contributed by atoms with van der Waals surface area (Å²) in [4.78, 5) is 23.7. The van der Waals surface area contributed by atoms with Crippen LogP contribution in [0.2, 0.25) is 0 Å². The SMILES string of the molecule is CC(=O)OC1=C(C)CC(=O)/C1=C/c1ccccc1-c1ccccc1. The largest absolute Gasteiger partial charge is 0.426 e. The van der Waals surface area contributed by atoms with Gasteiger partial charge in [0.25, 0.3) is 0 Å². The van der Waals surface area contributed by atoms with Crippen molar-refractivity contribution >= 4 is 17.8 Å². The maximum atomic E-state index is 12.3. The van der Waals surface area contributed by atoms with Crippen molar-refractivity contribution in [1.29, 1.82) is 0 Å². The molecule has 2 aromatic carbocycles. The van der Waals surface area contributed by atoms with Crippen molar-refractivity contribution in [2.75, 3.05) is 0 Å². The molecule has 0 amide bonds. The molecule has 0 radical (unpaired) electrons. The molecule has 0 fully saturated rings. The fourth-order valence-electron chi connectivity index (χ4n) is 2.86. The number of Topliss-reactive ketones (excluding diaryl/α,β-unsaturated/α-hetero) is 1. The summed E-state index contributed by atoms with van der Waals surface area (Å²) in [7, 11) is 0. The number of ketones is 1. The van der Waals surface area contributed by atoms with Crippen LogP contribution in [0, 0.1) is 0 Å². The van der Waals surface area contributed by atoms with E-state index < -0.39 is 5.97 Å². The number of carbonyl (C=O) groups is 2. The van der Waals surface area contributed by atoms with Crippen molar-refractivity contribution < 1.29 is 14.3 Å². The molecule has 1 aliphatic carbocycles. The summed E-state index contributed by atoms with van der Waals surface area (Å²) in [5, 5.41) is 0. The molecule has 0 aromatic heterocycles. The quantitative estimate of drug-likeness (QED) is 0.616. The van der Waals surface area contributed by atoms with Crippen molar-refractivity contribution in [3.8, 4) is 11.1 Å². The van der Waals surface area contributed by atoms with E-state index in [2.05, 4.69) is 0 Å². The van der Waals surface area contributed by atoms with Crippen molar-refractivity contribution in [3.63, 3.8) is 0 Å². The van der Waals surface area contributed by atoms with Crippen LogP contribution >= 0.6 is 0 Å². The molecule has 0 saturated heterocycles. The van der Waals surface area contributed by atoms with Crippen LogP contribution in [0.5, 0.6) is 0 Å². The number of benzene rings is 2. The van der Waals surface area contributed by atoms with Gasteiger partial charge in [-0.3, -0.25) is 9.59 Å². The summed E-state index contributed by atoms with van der Waals surface area (Å²) in [5.41, 5.74) is 4.28. The Morgan fingerprint density at radius 1 is 1.04 bits per heavy atom. The number of hydrogen-bond donors (Lipinski definition) is 0. The molecule has 0 N–H and O–H groups in total. The Labute approximate surface area is 141 Å². The molecule has 0 aliphatic heterocycles. The second-order valence-electron chi connectivity index (χ2n) is 5.81. The standard InChI is InChI=1S/C21H18O3/c1-14-12-20(23)19(21(14)24-15(2)22)13-17-10-6-7-11-18(17)16-8-4-3-5-9-16/h3-11,13H,12H2,1-2H3/b19-13-. The predicted molar refractivity (Wildman–Crippen MR) is 93.9 cm³/mol. The summed E-state index contributed by atoms with van der Waals surface area (Å²) >= 11 is 0. The maximum Gasteiger partial charge on any atom is 0.308 e. The Morgan fingerprint density at radius 2 is 1.71 bits per heavy atom. The third-order valence-electron chi connectivity index (χ3n) is 3.95. The van der Waals surface area contributed by atoms with Crippen LogP contribution in [0.25, 0.3) is 17.2 Å². The molecule has 0 spiro atoms. The maximum absolute atomic E-state index is 12.3. The lowest BCUT2D eigenvalue weighted by atomic mass is 9.97. The highest BCUT2D eigenvalue weighted by molar-refractivity contribution is 6.08. The van der Waals surface area contributed by atoms with Gasteiger partial charge in [-0.15, -0.1) is 0 Å². The second kappa shape index (κ2) is 6.67. The molecule has 0 saturated carbocycles. The Balaban J connectivity index is 2.09. The fourth-order valence-corrected chi connectivity index (χ4v) is 2.86. The van der Waals surface area contributed by atoms with Gasteiger partial charge >= 0.3 is 5.97 Å². The fraction of sp³-hybridized carbons (Fsp3) is 0.143. The highest BCUT2D eigenvalue weighted by atomic mass is 16.5. The minimum atomic E-state index is -0.415. The van der Waals surface area contributed by atoms with Crippen LogP contribution in [0.1, 0.15) is 25.8 Å². The minimum absolute atomic E-state index is 0.0217. The Kier molecular flexibility index (Phi) is 4.43. The first-order valence-corrected chi connectivity index (χ1v) is 7.84. The monoisotopic (exact) mass is 318 g/mol. The lowest BCUT2D eigenvalue weighted by molar-refractivity contribution is -0.136. The Hall–Kier alpha value is -2.94. The topological polar surface area (TPSA) is 43.4 Å². The molecular weight excluding hydrogens is 300 g/mol. The van der Waals surface area contributed by atoms with E-state index in [0.29, 0.717) is 17.8 Å². The van der Waals surface area contributed by atoms with E-state index in [4.69, 9.17) is 4.74 Å². The molecule has 3 rings (SSSR count). The highest BCUT2D eigenvalue weighted by Gasteiger charge is 2.28. The first-order chi connectivity index (χ1) is 11.6. The summed E-state index contributed by atoms with van der Waals surface area (Å²) in [6, 6.07) is 17.9. The summed E-state index contributed by atoms with van der Waals surface area (Å²) < 4.78 is 5.28. The lowest BCUT2D eigenvalue weighted by Gasteiger charge is -2.09. The van der Waals surface area contributed by atoms with E-state index in [1.807, 2.05) is 67.6 Å². The van der Waals surface area contributed by atoms with Crippen LogP contribution in [0.4, 0.5) is 0 Å². The number of ether oxygens (including phenoxy) is 1. The van der Waals surface area contributed by atoms with Gasteiger partial charge in [0.2, 0.25) is 0 Å². The average Bonchev–Trinajstić information content (AvgIpc) is 2.83. The van der Waals surface area contributed by atoms with Crippen LogP contribution in [0.15, 0.2) is 71.5 Å². The van der Waals surface area contributed by atoms with E-state index in [1.54, 1.807) is 0 Å². The van der Waals surface area contributed by atoms with E-state index in [9.17, 15) is 9.59 Å². The first kappa shape index (κ1) is 15.9. The van der Waals surface area contributed by atoms with Crippen molar-refractivity contribution in [3.05, 3.63) is 77.1 Å². The van der Waals surface area contributed by atoms with E-state index in [1.165, 1.54) is 6.92 Å². The number of carbonyl (C=O) groups excluding carboxylic acids is 2. The number of rotatable bonds is 3. The van der Waals surface area contributed by atoms with Gasteiger partial charge in [-0.25, -0.2) is 0 Å². The van der Waals surface area contributed by atoms with Gasteiger partial charge in [0.05, 0.1) is 5.57 Å². The molecule has 1 aliphatic rings. The molecule has 2 aromatic rings. The molecule has 120 valence electrons. The van der Waals surface area contributed by atoms with Crippen LogP contribution in [0.3, 0.4) is 0 Å². The molecule has 0 heterocycles. The van der Waals surface area contributed by atoms with Gasteiger partial charge < -0.3 is 4.74 Å². The zero-order valence-corrected chi connectivity index (χ0v) is 13.7. The van der Waals surface area contributed by atoms with E-state index in [0.717, 1.165) is 22.3 Å². The third-order valence-corrected chi connectivity index (χ3v) is 3.95. The third kappa shape index (κ3) is 3.20. The van der Waals surface area contributed by atoms with Crippen molar-refractivity contribution in [2.24, 2.45) is 0 Å². The number of esters is 1. The van der Waals surface area contributed by atoms with Crippen molar-refractivity contribution in [2.45, 2.75) is 20.3 Å². The molecule has 0 atom stereocenters. The Bertz CT molecular complexity index is 858. The van der Waals surface area contributed by atoms with Crippen molar-refractivity contribution in [1.82, 2.24) is 0 Å². The van der Waals surface area contributed by atoms with E-state index >= 15 is 0 Å². The van der Waals surface area contributed by atoms with E-state index in [-0.39, 0.29) is 5.78 Å². The van der Waals surface area contributed by atoms with Gasteiger partial charge in [0.1, 0.15) is 5.76 Å². The van der Waals surface area contributed by atoms with Crippen LogP contribution in [-0.4, -0.2) is 11.8 Å². The summed E-state index contributed by atoms with van der Waals surface area (Å²) in [6.45, 7) is 3.17. The summed E-state index contributed by atoms with van der Waals surface area (Å²) in [6.07, 6.45) is 2.11. The average molecular weight is 318 g/mol. The molecule has 24 heavy (non-hydrogen) atoms. The molecule has 3 nitrogen and oxygen atoms in total. The number of hydrogen-bond acceptors (Lipinski definition) is 3.